The molecule has 0 saturated carbocycles. The van der Waals surface area contributed by atoms with Crippen molar-refractivity contribution in [1.29, 1.82) is 0 Å². The second kappa shape index (κ2) is 8.10. The van der Waals surface area contributed by atoms with E-state index in [0.717, 1.165) is 35.2 Å². The lowest BCUT2D eigenvalue weighted by Crippen LogP contribution is -2.19. The van der Waals surface area contributed by atoms with E-state index in [0.29, 0.717) is 12.1 Å². The van der Waals surface area contributed by atoms with Gasteiger partial charge in [0.05, 0.1) is 10.6 Å². The standard InChI is InChI=1S/C14H19BrN2O2S2/c1-17-10-9-20-21-13(10)12(14(17)19)16-11(18)7-5-3-2-4-6-8-15/h9H,2-8H2,1H3,(H,16,18). The van der Waals surface area contributed by atoms with E-state index in [1.165, 1.54) is 23.2 Å². The van der Waals surface area contributed by atoms with Gasteiger partial charge in [0.2, 0.25) is 5.91 Å². The fourth-order valence-electron chi connectivity index (χ4n) is 2.21. The monoisotopic (exact) mass is 390 g/mol. The maximum absolute atomic E-state index is 12.1. The number of hydrogen-bond donors (Lipinski definition) is 1. The third-order valence-electron chi connectivity index (χ3n) is 3.43. The maximum Gasteiger partial charge on any atom is 0.276 e. The average Bonchev–Trinajstić information content (AvgIpc) is 3.02. The van der Waals surface area contributed by atoms with Crippen molar-refractivity contribution in [2.75, 3.05) is 10.6 Å². The van der Waals surface area contributed by atoms with E-state index in [1.54, 1.807) is 22.0 Å². The Labute approximate surface area is 140 Å². The van der Waals surface area contributed by atoms with Crippen LogP contribution >= 0.6 is 36.6 Å². The molecule has 2 aliphatic heterocycles. The van der Waals surface area contributed by atoms with Crippen molar-refractivity contribution >= 4 is 48.2 Å². The molecule has 21 heavy (non-hydrogen) atoms. The lowest BCUT2D eigenvalue weighted by molar-refractivity contribution is -0.116. The van der Waals surface area contributed by atoms with Gasteiger partial charge in [-0.1, -0.05) is 55.9 Å². The fraction of sp³-hybridized carbons (Fsp3) is 0.571. The van der Waals surface area contributed by atoms with Crippen LogP contribution in [0.15, 0.2) is 10.2 Å². The molecule has 0 radical (unpaired) electrons. The van der Waals surface area contributed by atoms with E-state index >= 15 is 0 Å². The number of nitrogens with zero attached hydrogens (tertiary/aromatic N) is 1. The zero-order chi connectivity index (χ0) is 15.2. The molecule has 0 bridgehead atoms. The lowest BCUT2D eigenvalue weighted by Gasteiger charge is -2.03. The SMILES string of the molecule is Cn1c2cssc-2c(NC(=O)CCCCCCCBr)c1=O. The summed E-state index contributed by atoms with van der Waals surface area (Å²) < 4.78 is 1.60. The quantitative estimate of drug-likeness (QED) is 0.415. The number of nitrogens with one attached hydrogen (secondary N) is 1. The van der Waals surface area contributed by atoms with Crippen molar-refractivity contribution in [3.05, 3.63) is 15.7 Å². The normalized spacial score (nSPS) is 11.1. The molecule has 0 fully saturated rings. The van der Waals surface area contributed by atoms with Crippen LogP contribution in [0.5, 0.6) is 0 Å². The van der Waals surface area contributed by atoms with E-state index in [-0.39, 0.29) is 11.5 Å². The summed E-state index contributed by atoms with van der Waals surface area (Å²) in [5, 5.41) is 5.79. The summed E-state index contributed by atoms with van der Waals surface area (Å²) in [5.41, 5.74) is 1.23. The molecule has 2 aliphatic rings. The molecule has 2 heterocycles. The number of halogens is 1. The topological polar surface area (TPSA) is 51.1 Å². The Morgan fingerprint density at radius 2 is 2.00 bits per heavy atom. The van der Waals surface area contributed by atoms with Crippen LogP contribution in [0.3, 0.4) is 0 Å². The molecule has 0 unspecified atom stereocenters. The van der Waals surface area contributed by atoms with E-state index in [2.05, 4.69) is 21.2 Å². The van der Waals surface area contributed by atoms with Crippen LogP contribution in [0.2, 0.25) is 0 Å². The van der Waals surface area contributed by atoms with Crippen molar-refractivity contribution < 1.29 is 4.79 Å². The Morgan fingerprint density at radius 3 is 2.76 bits per heavy atom. The van der Waals surface area contributed by atoms with Gasteiger partial charge in [-0.05, 0) is 12.8 Å². The minimum atomic E-state index is -0.116. The number of unbranched alkanes of at least 4 members (excludes halogenated alkanes) is 4. The molecular weight excluding hydrogens is 372 g/mol. The molecule has 0 aliphatic carbocycles. The molecule has 0 aromatic rings. The second-order valence-corrected chi connectivity index (χ2v) is 7.88. The first kappa shape index (κ1) is 16.7. The number of anilines is 1. The number of hydrogen-bond acceptors (Lipinski definition) is 4. The highest BCUT2D eigenvalue weighted by Crippen LogP contribution is 2.36. The highest BCUT2D eigenvalue weighted by atomic mass is 79.9. The molecule has 2 rings (SSSR count). The summed E-state index contributed by atoms with van der Waals surface area (Å²) >= 11 is 3.41. The summed E-state index contributed by atoms with van der Waals surface area (Å²) in [6.45, 7) is 0. The largest absolute Gasteiger partial charge is 0.320 e. The van der Waals surface area contributed by atoms with Gasteiger partial charge in [-0.2, -0.15) is 0 Å². The van der Waals surface area contributed by atoms with Crippen molar-refractivity contribution in [3.8, 4) is 10.6 Å². The zero-order valence-corrected chi connectivity index (χ0v) is 15.2. The summed E-state index contributed by atoms with van der Waals surface area (Å²) in [6.07, 6.45) is 5.98. The Morgan fingerprint density at radius 1 is 1.29 bits per heavy atom. The van der Waals surface area contributed by atoms with Crippen molar-refractivity contribution in [2.45, 2.75) is 38.5 Å². The number of fused-ring (bicyclic) bond motifs is 1. The minimum Gasteiger partial charge on any atom is -0.320 e. The maximum atomic E-state index is 12.1. The number of carbonyl (C=O) groups is 1. The fourth-order valence-corrected chi connectivity index (χ4v) is 4.91. The van der Waals surface area contributed by atoms with E-state index < -0.39 is 0 Å². The van der Waals surface area contributed by atoms with E-state index in [4.69, 9.17) is 0 Å². The van der Waals surface area contributed by atoms with Gasteiger partial charge >= 0.3 is 0 Å². The summed E-state index contributed by atoms with van der Waals surface area (Å²) in [5.74, 6) is -0.0570. The molecule has 0 aromatic heterocycles. The van der Waals surface area contributed by atoms with Gasteiger partial charge in [-0.3, -0.25) is 9.59 Å². The highest BCUT2D eigenvalue weighted by Gasteiger charge is 2.21. The van der Waals surface area contributed by atoms with Crippen LogP contribution in [0.25, 0.3) is 10.6 Å². The van der Waals surface area contributed by atoms with Crippen LogP contribution < -0.4 is 10.9 Å². The van der Waals surface area contributed by atoms with Crippen LogP contribution in [-0.2, 0) is 11.8 Å². The Hall–Kier alpha value is -0.660. The van der Waals surface area contributed by atoms with E-state index in [9.17, 15) is 9.59 Å². The van der Waals surface area contributed by atoms with Crippen LogP contribution in [-0.4, -0.2) is 15.8 Å². The Kier molecular flexibility index (Phi) is 6.44. The molecule has 1 N–H and O–H groups in total. The van der Waals surface area contributed by atoms with Crippen LogP contribution in [0, 0.1) is 0 Å². The van der Waals surface area contributed by atoms with Crippen LogP contribution in [0.4, 0.5) is 5.69 Å². The summed E-state index contributed by atoms with van der Waals surface area (Å²) in [4.78, 5) is 24.9. The minimum absolute atomic E-state index is 0.0570. The molecule has 0 saturated heterocycles. The average molecular weight is 391 g/mol. The first-order chi connectivity index (χ1) is 10.1. The van der Waals surface area contributed by atoms with Crippen molar-refractivity contribution in [2.24, 2.45) is 7.05 Å². The number of amides is 1. The Bertz CT molecular complexity index is 617. The summed E-state index contributed by atoms with van der Waals surface area (Å²) in [6, 6.07) is 0. The molecule has 116 valence electrons. The number of aromatic nitrogens is 1. The van der Waals surface area contributed by atoms with Gasteiger partial charge in [0.15, 0.2) is 0 Å². The van der Waals surface area contributed by atoms with Gasteiger partial charge in [0.25, 0.3) is 5.56 Å². The Balaban J connectivity index is 1.84. The van der Waals surface area contributed by atoms with Gasteiger partial charge in [-0.15, -0.1) is 0 Å². The van der Waals surface area contributed by atoms with Crippen molar-refractivity contribution in [1.82, 2.24) is 4.57 Å². The van der Waals surface area contributed by atoms with Gasteiger partial charge in [-0.25, -0.2) is 0 Å². The van der Waals surface area contributed by atoms with Gasteiger partial charge in [0.1, 0.15) is 5.69 Å². The molecule has 0 spiro atoms. The predicted molar refractivity (Wildman–Crippen MR) is 94.2 cm³/mol. The second-order valence-electron chi connectivity index (χ2n) is 5.01. The van der Waals surface area contributed by atoms with Gasteiger partial charge < -0.3 is 9.88 Å². The number of alkyl halides is 1. The van der Waals surface area contributed by atoms with Crippen LogP contribution in [0.1, 0.15) is 38.5 Å². The van der Waals surface area contributed by atoms with E-state index in [1.807, 2.05) is 5.38 Å². The third kappa shape index (κ3) is 4.17. The molecule has 0 atom stereocenters. The first-order valence-corrected chi connectivity index (χ1v) is 10.4. The molecule has 7 heteroatoms. The summed E-state index contributed by atoms with van der Waals surface area (Å²) in [7, 11) is 4.85. The lowest BCUT2D eigenvalue weighted by atomic mass is 10.1. The van der Waals surface area contributed by atoms with Gasteiger partial charge in [0, 0.05) is 24.2 Å². The first-order valence-electron chi connectivity index (χ1n) is 7.07. The smallest absolute Gasteiger partial charge is 0.276 e. The van der Waals surface area contributed by atoms with Crippen molar-refractivity contribution in [3.63, 3.8) is 0 Å². The molecule has 4 nitrogen and oxygen atoms in total. The molecule has 0 aromatic carbocycles. The third-order valence-corrected chi connectivity index (χ3v) is 6.07. The number of carbonyl (C=O) groups excluding carboxylic acids is 1. The number of rotatable bonds is 8. The highest BCUT2D eigenvalue weighted by molar-refractivity contribution is 9.09. The molecular formula is C14H19BrN2O2S2. The predicted octanol–water partition coefficient (Wildman–Crippen LogP) is 4.29. The zero-order valence-electron chi connectivity index (χ0n) is 12.0. The molecule has 1 amide bonds.